The van der Waals surface area contributed by atoms with Crippen molar-refractivity contribution in [2.24, 2.45) is 0 Å². The number of ether oxygens (including phenoxy) is 1. The molecule has 0 aliphatic heterocycles. The SMILES string of the molecule is COc1ccc(S(=O)(=O)CCNC(=O)c2sc3ccccc3c2Cl)cc1. The molecular formula is C18H16ClNO4S2. The van der Waals surface area contributed by atoms with E-state index in [2.05, 4.69) is 5.32 Å². The Morgan fingerprint density at radius 1 is 1.15 bits per heavy atom. The first-order chi connectivity index (χ1) is 12.4. The topological polar surface area (TPSA) is 72.5 Å². The normalized spacial score (nSPS) is 11.5. The third kappa shape index (κ3) is 3.85. The number of sulfone groups is 1. The molecule has 0 spiro atoms. The standard InChI is InChI=1S/C18H16ClNO4S2/c1-24-12-6-8-13(9-7-12)26(22,23)11-10-20-18(21)17-16(19)14-4-2-3-5-15(14)25-17/h2-9H,10-11H2,1H3,(H,20,21). The van der Waals surface area contributed by atoms with Crippen LogP contribution in [0.4, 0.5) is 0 Å². The summed E-state index contributed by atoms with van der Waals surface area (Å²) in [6, 6.07) is 13.6. The van der Waals surface area contributed by atoms with Crippen LogP contribution >= 0.6 is 22.9 Å². The Morgan fingerprint density at radius 2 is 1.85 bits per heavy atom. The highest BCUT2D eigenvalue weighted by atomic mass is 35.5. The number of thiophene rings is 1. The van der Waals surface area contributed by atoms with Crippen molar-refractivity contribution in [3.8, 4) is 5.75 Å². The van der Waals surface area contributed by atoms with Crippen LogP contribution in [0.5, 0.6) is 5.75 Å². The van der Waals surface area contributed by atoms with E-state index < -0.39 is 9.84 Å². The molecule has 0 saturated carbocycles. The third-order valence-electron chi connectivity index (χ3n) is 3.82. The summed E-state index contributed by atoms with van der Waals surface area (Å²) in [5.41, 5.74) is 0. The Hall–Kier alpha value is -2.09. The van der Waals surface area contributed by atoms with Crippen LogP contribution in [-0.2, 0) is 9.84 Å². The number of halogens is 1. The van der Waals surface area contributed by atoms with E-state index in [4.69, 9.17) is 16.3 Å². The highest BCUT2D eigenvalue weighted by Gasteiger charge is 2.19. The third-order valence-corrected chi connectivity index (χ3v) is 7.22. The van der Waals surface area contributed by atoms with Crippen LogP contribution in [-0.4, -0.2) is 33.7 Å². The first kappa shape index (κ1) is 18.7. The van der Waals surface area contributed by atoms with Gasteiger partial charge in [0.05, 0.1) is 22.8 Å². The predicted molar refractivity (Wildman–Crippen MR) is 104 cm³/mol. The largest absolute Gasteiger partial charge is 0.497 e. The summed E-state index contributed by atoms with van der Waals surface area (Å²) in [7, 11) is -1.99. The van der Waals surface area contributed by atoms with Gasteiger partial charge < -0.3 is 10.1 Å². The molecule has 0 bridgehead atoms. The fourth-order valence-electron chi connectivity index (χ4n) is 2.44. The molecule has 1 amide bonds. The van der Waals surface area contributed by atoms with E-state index in [1.54, 1.807) is 12.1 Å². The van der Waals surface area contributed by atoms with Crippen molar-refractivity contribution in [3.63, 3.8) is 0 Å². The number of amides is 1. The first-order valence-corrected chi connectivity index (χ1v) is 10.6. The zero-order valence-corrected chi connectivity index (χ0v) is 16.2. The summed E-state index contributed by atoms with van der Waals surface area (Å²) >= 11 is 7.55. The van der Waals surface area contributed by atoms with E-state index in [0.717, 1.165) is 10.1 Å². The van der Waals surface area contributed by atoms with E-state index in [-0.39, 0.29) is 23.1 Å². The Kier molecular flexibility index (Phi) is 5.50. The number of methoxy groups -OCH3 is 1. The van der Waals surface area contributed by atoms with Gasteiger partial charge in [-0.05, 0) is 30.3 Å². The molecule has 8 heteroatoms. The molecule has 3 aromatic rings. The summed E-state index contributed by atoms with van der Waals surface area (Å²) in [5, 5.41) is 3.84. The maximum atomic E-state index is 12.3. The van der Waals surface area contributed by atoms with Crippen molar-refractivity contribution in [1.29, 1.82) is 0 Å². The first-order valence-electron chi connectivity index (χ1n) is 7.74. The molecule has 2 aromatic carbocycles. The number of carbonyl (C=O) groups excluding carboxylic acids is 1. The van der Waals surface area contributed by atoms with Crippen LogP contribution in [0.25, 0.3) is 10.1 Å². The lowest BCUT2D eigenvalue weighted by Crippen LogP contribution is -2.28. The molecule has 5 nitrogen and oxygen atoms in total. The Morgan fingerprint density at radius 3 is 2.50 bits per heavy atom. The second kappa shape index (κ2) is 7.65. The van der Waals surface area contributed by atoms with E-state index in [9.17, 15) is 13.2 Å². The minimum Gasteiger partial charge on any atom is -0.497 e. The zero-order chi connectivity index (χ0) is 18.7. The second-order valence-corrected chi connectivity index (χ2v) is 9.03. The van der Waals surface area contributed by atoms with Crippen LogP contribution < -0.4 is 10.1 Å². The summed E-state index contributed by atoms with van der Waals surface area (Å²) in [5.74, 6) is 0.00547. The monoisotopic (exact) mass is 409 g/mol. The predicted octanol–water partition coefficient (Wildman–Crippen LogP) is 3.77. The van der Waals surface area contributed by atoms with Crippen LogP contribution in [0.1, 0.15) is 9.67 Å². The average Bonchev–Trinajstić information content (AvgIpc) is 2.99. The maximum Gasteiger partial charge on any atom is 0.262 e. The number of hydrogen-bond acceptors (Lipinski definition) is 5. The summed E-state index contributed by atoms with van der Waals surface area (Å²) in [6.45, 7) is -0.00221. The molecule has 1 heterocycles. The fraction of sp³-hybridized carbons (Fsp3) is 0.167. The fourth-order valence-corrected chi connectivity index (χ4v) is 5.03. The van der Waals surface area contributed by atoms with Crippen molar-refractivity contribution in [1.82, 2.24) is 5.32 Å². The quantitative estimate of drug-likeness (QED) is 0.672. The van der Waals surface area contributed by atoms with Crippen LogP contribution in [0.15, 0.2) is 53.4 Å². The van der Waals surface area contributed by atoms with Crippen LogP contribution in [0.3, 0.4) is 0 Å². The molecule has 0 saturated heterocycles. The van der Waals surface area contributed by atoms with Gasteiger partial charge in [-0.25, -0.2) is 8.42 Å². The van der Waals surface area contributed by atoms with Gasteiger partial charge in [0, 0.05) is 16.6 Å². The highest BCUT2D eigenvalue weighted by Crippen LogP contribution is 2.34. The van der Waals surface area contributed by atoms with Crippen molar-refractivity contribution in [2.45, 2.75) is 4.90 Å². The van der Waals surface area contributed by atoms with Gasteiger partial charge in [0.15, 0.2) is 9.84 Å². The highest BCUT2D eigenvalue weighted by molar-refractivity contribution is 7.91. The second-order valence-electron chi connectivity index (χ2n) is 5.49. The molecule has 3 rings (SSSR count). The molecular weight excluding hydrogens is 394 g/mol. The Balaban J connectivity index is 1.66. The lowest BCUT2D eigenvalue weighted by molar-refractivity contribution is 0.0960. The van der Waals surface area contributed by atoms with Gasteiger partial charge in [0.1, 0.15) is 10.6 Å². The van der Waals surface area contributed by atoms with Crippen molar-refractivity contribution >= 4 is 48.8 Å². The molecule has 1 aromatic heterocycles. The van der Waals surface area contributed by atoms with Gasteiger partial charge in [0.25, 0.3) is 5.91 Å². The van der Waals surface area contributed by atoms with E-state index in [1.807, 2.05) is 24.3 Å². The minimum atomic E-state index is -3.50. The Bertz CT molecular complexity index is 1040. The number of rotatable bonds is 6. The van der Waals surface area contributed by atoms with Gasteiger partial charge in [-0.1, -0.05) is 29.8 Å². The molecule has 1 N–H and O–H groups in total. The van der Waals surface area contributed by atoms with Gasteiger partial charge in [-0.3, -0.25) is 4.79 Å². The van der Waals surface area contributed by atoms with Gasteiger partial charge in [0.2, 0.25) is 0 Å². The molecule has 136 valence electrons. The lowest BCUT2D eigenvalue weighted by Gasteiger charge is -2.07. The van der Waals surface area contributed by atoms with Crippen LogP contribution in [0, 0.1) is 0 Å². The van der Waals surface area contributed by atoms with E-state index >= 15 is 0 Å². The molecule has 0 unspecified atom stereocenters. The zero-order valence-electron chi connectivity index (χ0n) is 13.9. The number of hydrogen-bond donors (Lipinski definition) is 1. The molecule has 0 atom stereocenters. The number of nitrogens with one attached hydrogen (secondary N) is 1. The van der Waals surface area contributed by atoms with Crippen molar-refractivity contribution in [3.05, 3.63) is 58.4 Å². The molecule has 0 aliphatic rings. The Labute approximate surface area is 160 Å². The molecule has 26 heavy (non-hydrogen) atoms. The average molecular weight is 410 g/mol. The van der Waals surface area contributed by atoms with Gasteiger partial charge in [-0.2, -0.15) is 0 Å². The van der Waals surface area contributed by atoms with E-state index in [1.165, 1.54) is 30.6 Å². The smallest absolute Gasteiger partial charge is 0.262 e. The summed E-state index contributed by atoms with van der Waals surface area (Å²) < 4.78 is 30.6. The number of benzene rings is 2. The van der Waals surface area contributed by atoms with Crippen molar-refractivity contribution < 1.29 is 17.9 Å². The lowest BCUT2D eigenvalue weighted by atomic mass is 10.2. The van der Waals surface area contributed by atoms with E-state index in [0.29, 0.717) is 15.6 Å². The number of carbonyl (C=O) groups is 1. The van der Waals surface area contributed by atoms with Crippen molar-refractivity contribution in [2.75, 3.05) is 19.4 Å². The maximum absolute atomic E-state index is 12.3. The van der Waals surface area contributed by atoms with Crippen LogP contribution in [0.2, 0.25) is 5.02 Å². The molecule has 0 radical (unpaired) electrons. The van der Waals surface area contributed by atoms with Gasteiger partial charge in [-0.15, -0.1) is 11.3 Å². The number of fused-ring (bicyclic) bond motifs is 1. The minimum absolute atomic E-state index is 0.00221. The summed E-state index contributed by atoms with van der Waals surface area (Å²) in [6.07, 6.45) is 0. The van der Waals surface area contributed by atoms with Gasteiger partial charge >= 0.3 is 0 Å². The molecule has 0 aliphatic carbocycles. The molecule has 0 fully saturated rings. The summed E-state index contributed by atoms with van der Waals surface area (Å²) in [4.78, 5) is 12.9.